The van der Waals surface area contributed by atoms with Gasteiger partial charge in [0.25, 0.3) is 0 Å². The summed E-state index contributed by atoms with van der Waals surface area (Å²) in [5.74, 6) is 0. The fraction of sp³-hybridized carbons (Fsp3) is 0.526. The Balaban J connectivity index is 1.57. The first kappa shape index (κ1) is 17.6. The van der Waals surface area contributed by atoms with Gasteiger partial charge in [0, 0.05) is 61.1 Å². The zero-order chi connectivity index (χ0) is 17.6. The molecule has 6 nitrogen and oxygen atoms in total. The number of likely N-dealkylation sites (tertiary alicyclic amines) is 1. The Bertz CT molecular complexity index is 639. The molecule has 1 aromatic heterocycles. The van der Waals surface area contributed by atoms with Gasteiger partial charge in [-0.1, -0.05) is 12.8 Å². The van der Waals surface area contributed by atoms with Crippen molar-refractivity contribution < 1.29 is 0 Å². The summed E-state index contributed by atoms with van der Waals surface area (Å²) in [6, 6.07) is 3.04. The highest BCUT2D eigenvalue weighted by molar-refractivity contribution is 6.08. The van der Waals surface area contributed by atoms with Crippen molar-refractivity contribution in [2.24, 2.45) is 0 Å². The number of nitrogens with two attached hydrogens (primary N) is 1. The van der Waals surface area contributed by atoms with E-state index in [4.69, 9.17) is 16.6 Å². The lowest BCUT2D eigenvalue weighted by Gasteiger charge is -2.36. The predicted octanol–water partition coefficient (Wildman–Crippen LogP) is 2.65. The summed E-state index contributed by atoms with van der Waals surface area (Å²) < 4.78 is 0. The lowest BCUT2D eigenvalue weighted by atomic mass is 10.0. The van der Waals surface area contributed by atoms with Crippen molar-refractivity contribution in [3.63, 3.8) is 0 Å². The van der Waals surface area contributed by atoms with E-state index in [1.807, 2.05) is 6.20 Å². The number of hydrogen-bond donors (Lipinski definition) is 4. The van der Waals surface area contributed by atoms with Crippen LogP contribution in [0.25, 0.3) is 5.57 Å². The number of rotatable bonds is 6. The van der Waals surface area contributed by atoms with E-state index < -0.39 is 0 Å². The molecule has 0 unspecified atom stereocenters. The minimum absolute atomic E-state index is 0.457. The molecule has 0 radical (unpaired) electrons. The normalized spacial score (nSPS) is 20.6. The van der Waals surface area contributed by atoms with Crippen LogP contribution in [0.5, 0.6) is 0 Å². The number of aromatic nitrogens is 1. The molecule has 3 rings (SSSR count). The first-order valence-electron chi connectivity index (χ1n) is 9.18. The average molecular weight is 340 g/mol. The zero-order valence-corrected chi connectivity index (χ0v) is 14.7. The third-order valence-electron chi connectivity index (χ3n) is 5.42. The van der Waals surface area contributed by atoms with Gasteiger partial charge >= 0.3 is 0 Å². The van der Waals surface area contributed by atoms with Crippen molar-refractivity contribution in [2.45, 2.75) is 50.6 Å². The van der Waals surface area contributed by atoms with Gasteiger partial charge in [-0.2, -0.15) is 0 Å². The number of hydrogen-bond acceptors (Lipinski definition) is 6. The highest BCUT2D eigenvalue weighted by Gasteiger charge is 2.26. The molecule has 2 fully saturated rings. The molecular weight excluding hydrogens is 312 g/mol. The van der Waals surface area contributed by atoms with E-state index >= 15 is 0 Å². The molecule has 0 atom stereocenters. The first-order valence-corrected chi connectivity index (χ1v) is 9.18. The maximum Gasteiger partial charge on any atom is 0.103 e. The maximum absolute atomic E-state index is 7.67. The highest BCUT2D eigenvalue weighted by atomic mass is 15.2. The molecule has 5 N–H and O–H groups in total. The summed E-state index contributed by atoms with van der Waals surface area (Å²) in [6.45, 7) is 2.33. The van der Waals surface area contributed by atoms with Crippen LogP contribution >= 0.6 is 0 Å². The molecule has 0 amide bonds. The third kappa shape index (κ3) is 4.25. The standard InChI is InChI=1S/C19H28N6/c20-10-15(14-9-18(22)19(11-21)24-12-14)13-23-16-5-7-25(8-6-16)17-3-1-2-4-17/h9-13,16-17,20-21,23H,1-8,22H2/b15-13+,20-10?,21-11?. The van der Waals surface area contributed by atoms with Crippen LogP contribution in [0, 0.1) is 10.8 Å². The molecular formula is C19H28N6. The van der Waals surface area contributed by atoms with Gasteiger partial charge < -0.3 is 26.8 Å². The molecule has 0 bridgehead atoms. The number of piperidine rings is 1. The van der Waals surface area contributed by atoms with Gasteiger partial charge in [-0.15, -0.1) is 0 Å². The van der Waals surface area contributed by atoms with E-state index in [1.54, 1.807) is 12.3 Å². The van der Waals surface area contributed by atoms with Gasteiger partial charge in [0.05, 0.1) is 5.69 Å². The van der Waals surface area contributed by atoms with E-state index in [-0.39, 0.29) is 0 Å². The summed E-state index contributed by atoms with van der Waals surface area (Å²) >= 11 is 0. The van der Waals surface area contributed by atoms with Gasteiger partial charge in [0.15, 0.2) is 0 Å². The molecule has 25 heavy (non-hydrogen) atoms. The van der Waals surface area contributed by atoms with E-state index in [9.17, 15) is 0 Å². The first-order chi connectivity index (χ1) is 12.2. The molecule has 1 aliphatic carbocycles. The van der Waals surface area contributed by atoms with Crippen molar-refractivity contribution in [3.8, 4) is 0 Å². The lowest BCUT2D eigenvalue weighted by Crippen LogP contribution is -2.44. The molecule has 6 heteroatoms. The predicted molar refractivity (Wildman–Crippen MR) is 103 cm³/mol. The van der Waals surface area contributed by atoms with Crippen LogP contribution in [0.3, 0.4) is 0 Å². The van der Waals surface area contributed by atoms with Crippen LogP contribution in [-0.2, 0) is 0 Å². The molecule has 1 saturated carbocycles. The molecule has 1 aliphatic heterocycles. The third-order valence-corrected chi connectivity index (χ3v) is 5.42. The Labute approximate surface area is 149 Å². The second kappa shape index (κ2) is 8.25. The SMILES string of the molecule is N=C/C(=C\NC1CCN(C2CCCC2)CC1)c1cnc(C=N)c(N)c1. The van der Waals surface area contributed by atoms with Gasteiger partial charge in [0.2, 0.25) is 0 Å². The van der Waals surface area contributed by atoms with Crippen molar-refractivity contribution in [1.29, 1.82) is 10.8 Å². The topological polar surface area (TPSA) is 102 Å². The van der Waals surface area contributed by atoms with Crippen LogP contribution in [0.1, 0.15) is 49.8 Å². The molecule has 2 aliphatic rings. The van der Waals surface area contributed by atoms with Crippen molar-refractivity contribution in [1.82, 2.24) is 15.2 Å². The minimum atomic E-state index is 0.457. The smallest absolute Gasteiger partial charge is 0.103 e. The largest absolute Gasteiger partial charge is 0.397 e. The van der Waals surface area contributed by atoms with E-state index in [0.29, 0.717) is 17.4 Å². The van der Waals surface area contributed by atoms with E-state index in [0.717, 1.165) is 36.2 Å². The average Bonchev–Trinajstić information content (AvgIpc) is 3.17. The molecule has 134 valence electrons. The number of anilines is 1. The second-order valence-corrected chi connectivity index (χ2v) is 7.00. The van der Waals surface area contributed by atoms with Crippen LogP contribution in [-0.4, -0.2) is 47.5 Å². The highest BCUT2D eigenvalue weighted by Crippen LogP contribution is 2.26. The summed E-state index contributed by atoms with van der Waals surface area (Å²) in [4.78, 5) is 6.83. The monoisotopic (exact) mass is 340 g/mol. The molecule has 0 spiro atoms. The number of nitrogens with one attached hydrogen (secondary N) is 3. The van der Waals surface area contributed by atoms with Gasteiger partial charge in [-0.3, -0.25) is 4.98 Å². The maximum atomic E-state index is 7.67. The fourth-order valence-corrected chi connectivity index (χ4v) is 3.89. The molecule has 0 aromatic carbocycles. The summed E-state index contributed by atoms with van der Waals surface area (Å²) in [7, 11) is 0. The zero-order valence-electron chi connectivity index (χ0n) is 14.7. The van der Waals surface area contributed by atoms with E-state index in [1.165, 1.54) is 45.0 Å². The number of nitrogens with zero attached hydrogens (tertiary/aromatic N) is 2. The number of pyridine rings is 1. The minimum Gasteiger partial charge on any atom is -0.397 e. The lowest BCUT2D eigenvalue weighted by molar-refractivity contribution is 0.149. The number of allylic oxidation sites excluding steroid dienone is 1. The molecule has 2 heterocycles. The fourth-order valence-electron chi connectivity index (χ4n) is 3.89. The molecule has 1 aromatic rings. The Morgan fingerprint density at radius 1 is 1.20 bits per heavy atom. The summed E-state index contributed by atoms with van der Waals surface area (Å²) in [5.41, 5.74) is 8.38. The van der Waals surface area contributed by atoms with Crippen molar-refractivity contribution in [2.75, 3.05) is 18.8 Å². The van der Waals surface area contributed by atoms with Gasteiger partial charge in [0.1, 0.15) is 5.69 Å². The van der Waals surface area contributed by atoms with Crippen molar-refractivity contribution >= 4 is 23.7 Å². The Kier molecular flexibility index (Phi) is 5.81. The Morgan fingerprint density at radius 3 is 2.52 bits per heavy atom. The Morgan fingerprint density at radius 2 is 1.92 bits per heavy atom. The van der Waals surface area contributed by atoms with Gasteiger partial charge in [-0.25, -0.2) is 0 Å². The van der Waals surface area contributed by atoms with Crippen LogP contribution in [0.2, 0.25) is 0 Å². The number of nitrogen functional groups attached to an aromatic ring is 1. The second-order valence-electron chi connectivity index (χ2n) is 7.00. The van der Waals surface area contributed by atoms with Crippen LogP contribution in [0.4, 0.5) is 5.69 Å². The van der Waals surface area contributed by atoms with Gasteiger partial charge in [-0.05, 0) is 31.7 Å². The van der Waals surface area contributed by atoms with Crippen molar-refractivity contribution in [3.05, 3.63) is 29.7 Å². The summed E-state index contributed by atoms with van der Waals surface area (Å²) in [6.07, 6.45) is 13.8. The quantitative estimate of drug-likeness (QED) is 0.598. The van der Waals surface area contributed by atoms with Crippen LogP contribution < -0.4 is 11.1 Å². The molecule has 1 saturated heterocycles. The van der Waals surface area contributed by atoms with Crippen LogP contribution in [0.15, 0.2) is 18.5 Å². The Hall–Kier alpha value is -2.21. The van der Waals surface area contributed by atoms with E-state index in [2.05, 4.69) is 15.2 Å². The summed E-state index contributed by atoms with van der Waals surface area (Å²) in [5, 5.41) is 18.4.